The lowest BCUT2D eigenvalue weighted by Crippen LogP contribution is -2.40. The summed E-state index contributed by atoms with van der Waals surface area (Å²) in [5.41, 5.74) is -1.15. The van der Waals surface area contributed by atoms with Crippen LogP contribution in [0.2, 0.25) is 0 Å². The molecule has 1 aromatic rings. The fraction of sp³-hybridized carbons (Fsp3) is 0.611. The van der Waals surface area contributed by atoms with E-state index < -0.39 is 23.4 Å². The van der Waals surface area contributed by atoms with Crippen molar-refractivity contribution in [2.24, 2.45) is 5.92 Å². The molecule has 8 heteroatoms. The molecular weight excluding hydrogens is 343 g/mol. The number of hydrogen-bond donors (Lipinski definition) is 1. The molecule has 1 aliphatic rings. The van der Waals surface area contributed by atoms with E-state index in [0.717, 1.165) is 10.6 Å². The van der Waals surface area contributed by atoms with Crippen LogP contribution < -0.4 is 5.32 Å². The first-order valence-electron chi connectivity index (χ1n) is 8.61. The van der Waals surface area contributed by atoms with E-state index in [1.165, 1.54) is 13.3 Å². The van der Waals surface area contributed by atoms with Gasteiger partial charge in [-0.3, -0.25) is 9.59 Å². The van der Waals surface area contributed by atoms with Gasteiger partial charge in [-0.25, -0.2) is 13.8 Å². The van der Waals surface area contributed by atoms with Crippen LogP contribution in [0.3, 0.4) is 0 Å². The van der Waals surface area contributed by atoms with Gasteiger partial charge in [0.25, 0.3) is 5.91 Å². The van der Waals surface area contributed by atoms with Crippen LogP contribution >= 0.6 is 0 Å². The maximum absolute atomic E-state index is 14.1. The summed E-state index contributed by atoms with van der Waals surface area (Å²) in [4.78, 5) is 36.2. The van der Waals surface area contributed by atoms with E-state index in [2.05, 4.69) is 5.32 Å². The maximum atomic E-state index is 14.1. The number of hydrogen-bond acceptors (Lipinski definition) is 5. The zero-order valence-corrected chi connectivity index (χ0v) is 15.5. The Labute approximate surface area is 151 Å². The molecule has 1 fully saturated rings. The van der Waals surface area contributed by atoms with E-state index in [1.807, 2.05) is 0 Å². The first kappa shape index (κ1) is 19.9. The number of ether oxygens (including phenoxy) is 2. The lowest BCUT2D eigenvalue weighted by Gasteiger charge is -2.27. The zero-order valence-electron chi connectivity index (χ0n) is 15.5. The molecule has 1 aliphatic carbocycles. The molecule has 0 aliphatic heterocycles. The Bertz CT molecular complexity index is 684. The number of halogens is 1. The molecule has 0 radical (unpaired) electrons. The Morgan fingerprint density at radius 3 is 2.35 bits per heavy atom. The quantitative estimate of drug-likeness (QED) is 0.829. The highest BCUT2D eigenvalue weighted by Crippen LogP contribution is 2.25. The van der Waals surface area contributed by atoms with Crippen LogP contribution in [0.15, 0.2) is 12.3 Å². The Morgan fingerprint density at radius 2 is 1.81 bits per heavy atom. The number of esters is 1. The Hall–Kier alpha value is -2.38. The molecule has 26 heavy (non-hydrogen) atoms. The van der Waals surface area contributed by atoms with Crippen molar-refractivity contribution in [3.63, 3.8) is 0 Å². The van der Waals surface area contributed by atoms with Crippen molar-refractivity contribution in [3.8, 4) is 0 Å². The van der Waals surface area contributed by atoms with Crippen LogP contribution in [0.5, 0.6) is 0 Å². The summed E-state index contributed by atoms with van der Waals surface area (Å²) in [7, 11) is 1.35. The van der Waals surface area contributed by atoms with Gasteiger partial charge in [0, 0.05) is 12.2 Å². The Balaban J connectivity index is 2.03. The standard InChI is InChI=1S/C18H25FN2O5/c1-18(2,3)26-17(24)21-10-9-13(19)14(21)15(22)20-12-7-5-11(6-8-12)16(23)25-4/h9-12H,5-8H2,1-4H3,(H,20,22). The molecule has 1 heterocycles. The minimum Gasteiger partial charge on any atom is -0.469 e. The lowest BCUT2D eigenvalue weighted by molar-refractivity contribution is -0.146. The fourth-order valence-corrected chi connectivity index (χ4v) is 2.98. The van der Waals surface area contributed by atoms with Gasteiger partial charge < -0.3 is 14.8 Å². The molecule has 0 aromatic carbocycles. The summed E-state index contributed by atoms with van der Waals surface area (Å²) in [5, 5.41) is 2.74. The minimum atomic E-state index is -0.819. The van der Waals surface area contributed by atoms with Crippen molar-refractivity contribution in [3.05, 3.63) is 23.8 Å². The number of methoxy groups -OCH3 is 1. The Kier molecular flexibility index (Phi) is 6.05. The summed E-state index contributed by atoms with van der Waals surface area (Å²) in [6.45, 7) is 5.05. The van der Waals surface area contributed by atoms with Gasteiger partial charge in [-0.2, -0.15) is 0 Å². The molecule has 0 unspecified atom stereocenters. The number of aromatic nitrogens is 1. The smallest absolute Gasteiger partial charge is 0.419 e. The molecule has 0 atom stereocenters. The van der Waals surface area contributed by atoms with Crippen molar-refractivity contribution < 1.29 is 28.2 Å². The van der Waals surface area contributed by atoms with E-state index in [-0.39, 0.29) is 23.6 Å². The molecule has 0 bridgehead atoms. The van der Waals surface area contributed by atoms with Gasteiger partial charge in [0.2, 0.25) is 0 Å². The minimum absolute atomic E-state index is 0.171. The third kappa shape index (κ3) is 4.83. The van der Waals surface area contributed by atoms with Crippen molar-refractivity contribution in [1.29, 1.82) is 0 Å². The third-order valence-electron chi connectivity index (χ3n) is 4.24. The number of amides is 1. The van der Waals surface area contributed by atoms with Gasteiger partial charge in [-0.15, -0.1) is 0 Å². The van der Waals surface area contributed by atoms with Crippen LogP contribution in [-0.2, 0) is 14.3 Å². The van der Waals surface area contributed by atoms with Crippen LogP contribution in [0.25, 0.3) is 0 Å². The van der Waals surface area contributed by atoms with Crippen molar-refractivity contribution in [1.82, 2.24) is 9.88 Å². The molecule has 7 nitrogen and oxygen atoms in total. The predicted molar refractivity (Wildman–Crippen MR) is 91.3 cm³/mol. The van der Waals surface area contributed by atoms with Crippen LogP contribution in [-0.4, -0.2) is 41.3 Å². The number of carbonyl (C=O) groups is 3. The van der Waals surface area contributed by atoms with E-state index in [4.69, 9.17) is 9.47 Å². The molecule has 0 spiro atoms. The van der Waals surface area contributed by atoms with Gasteiger partial charge in [0.15, 0.2) is 11.5 Å². The summed E-state index contributed by atoms with van der Waals surface area (Å²) in [6, 6.07) is 0.859. The summed E-state index contributed by atoms with van der Waals surface area (Å²) in [5.74, 6) is -1.90. The third-order valence-corrected chi connectivity index (χ3v) is 4.24. The number of carbonyl (C=O) groups excluding carboxylic acids is 3. The van der Waals surface area contributed by atoms with E-state index in [9.17, 15) is 18.8 Å². The maximum Gasteiger partial charge on any atom is 0.419 e. The van der Waals surface area contributed by atoms with Crippen LogP contribution in [0.1, 0.15) is 56.9 Å². The second-order valence-corrected chi connectivity index (χ2v) is 7.41. The summed E-state index contributed by atoms with van der Waals surface area (Å²) in [6.07, 6.45) is 2.70. The molecule has 1 N–H and O–H groups in total. The molecule has 1 amide bonds. The van der Waals surface area contributed by atoms with E-state index in [1.54, 1.807) is 20.8 Å². The van der Waals surface area contributed by atoms with E-state index in [0.29, 0.717) is 25.7 Å². The lowest BCUT2D eigenvalue weighted by atomic mass is 9.86. The van der Waals surface area contributed by atoms with Gasteiger partial charge >= 0.3 is 12.1 Å². The Morgan fingerprint density at radius 1 is 1.19 bits per heavy atom. The normalized spacial score (nSPS) is 20.3. The largest absolute Gasteiger partial charge is 0.469 e. The number of nitrogens with one attached hydrogen (secondary N) is 1. The molecule has 1 aromatic heterocycles. The van der Waals surface area contributed by atoms with Crippen LogP contribution in [0.4, 0.5) is 9.18 Å². The van der Waals surface area contributed by atoms with E-state index >= 15 is 0 Å². The highest BCUT2D eigenvalue weighted by Gasteiger charge is 2.30. The molecular formula is C18H25FN2O5. The van der Waals surface area contributed by atoms with Crippen molar-refractivity contribution >= 4 is 18.0 Å². The van der Waals surface area contributed by atoms with Gasteiger partial charge in [0.05, 0.1) is 13.0 Å². The summed E-state index contributed by atoms with van der Waals surface area (Å²) < 4.78 is 24.9. The highest BCUT2D eigenvalue weighted by atomic mass is 19.1. The number of rotatable bonds is 3. The SMILES string of the molecule is COC(=O)C1CCC(NC(=O)c2c(F)ccn2C(=O)OC(C)(C)C)CC1. The highest BCUT2D eigenvalue weighted by molar-refractivity contribution is 5.96. The van der Waals surface area contributed by atoms with Crippen molar-refractivity contribution in [2.45, 2.75) is 58.1 Å². The van der Waals surface area contributed by atoms with Crippen molar-refractivity contribution in [2.75, 3.05) is 7.11 Å². The van der Waals surface area contributed by atoms with Crippen LogP contribution in [0, 0.1) is 11.7 Å². The topological polar surface area (TPSA) is 86.6 Å². The number of nitrogens with zero attached hydrogens (tertiary/aromatic N) is 1. The molecule has 1 saturated carbocycles. The molecule has 144 valence electrons. The molecule has 0 saturated heterocycles. The first-order valence-corrected chi connectivity index (χ1v) is 8.61. The van der Waals surface area contributed by atoms with Gasteiger partial charge in [-0.05, 0) is 52.5 Å². The first-order chi connectivity index (χ1) is 12.1. The monoisotopic (exact) mass is 368 g/mol. The zero-order chi connectivity index (χ0) is 19.5. The summed E-state index contributed by atoms with van der Waals surface area (Å²) >= 11 is 0. The van der Waals surface area contributed by atoms with Gasteiger partial charge in [0.1, 0.15) is 5.60 Å². The predicted octanol–water partition coefficient (Wildman–Crippen LogP) is 2.87. The average molecular weight is 368 g/mol. The molecule has 2 rings (SSSR count). The average Bonchev–Trinajstić information content (AvgIpc) is 2.95. The second-order valence-electron chi connectivity index (χ2n) is 7.41. The van der Waals surface area contributed by atoms with Gasteiger partial charge in [-0.1, -0.05) is 0 Å². The second kappa shape index (κ2) is 7.88. The fourth-order valence-electron chi connectivity index (χ4n) is 2.98.